The maximum Gasteiger partial charge on any atom is 0.285 e. The third-order valence-electron chi connectivity index (χ3n) is 4.11. The number of hydrogen-bond acceptors (Lipinski definition) is 6. The largest absolute Gasteiger partial charge is 0.497 e. The molecule has 3 rings (SSSR count). The van der Waals surface area contributed by atoms with E-state index in [2.05, 4.69) is 10.5 Å². The summed E-state index contributed by atoms with van der Waals surface area (Å²) in [5.41, 5.74) is 0.950. The smallest absolute Gasteiger partial charge is 0.285 e. The standard InChI is InChI=1S/C19H22N2O4S3/c1-4-25-12-11-21-17-10-7-15(26-3)13-18(17)27-19(21)20-28(22,23)16-8-5-14(24-2)6-9-16/h5-10,13H,4,11-12H2,1-3H3/b20-19-. The predicted molar refractivity (Wildman–Crippen MR) is 114 cm³/mol. The summed E-state index contributed by atoms with van der Waals surface area (Å²) in [6.07, 6.45) is 2.01. The number of thiazole rings is 1. The van der Waals surface area contributed by atoms with Crippen molar-refractivity contribution in [1.82, 2.24) is 4.57 Å². The second-order valence-electron chi connectivity index (χ2n) is 5.81. The molecular formula is C19H22N2O4S3. The Morgan fingerprint density at radius 2 is 1.93 bits per heavy atom. The van der Waals surface area contributed by atoms with Gasteiger partial charge in [-0.15, -0.1) is 16.2 Å². The van der Waals surface area contributed by atoms with E-state index in [4.69, 9.17) is 9.47 Å². The lowest BCUT2D eigenvalue weighted by Crippen LogP contribution is -2.19. The number of benzene rings is 2. The highest BCUT2D eigenvalue weighted by Gasteiger charge is 2.15. The van der Waals surface area contributed by atoms with Gasteiger partial charge in [-0.05, 0) is 55.6 Å². The van der Waals surface area contributed by atoms with E-state index in [0.29, 0.717) is 30.3 Å². The summed E-state index contributed by atoms with van der Waals surface area (Å²) in [4.78, 5) is 1.69. The zero-order valence-electron chi connectivity index (χ0n) is 15.9. The SMILES string of the molecule is CCOCCn1/c(=N/S(=O)(=O)c2ccc(OC)cc2)sc2cc(SC)ccc21. The summed E-state index contributed by atoms with van der Waals surface area (Å²) in [7, 11) is -2.30. The molecule has 0 fully saturated rings. The van der Waals surface area contributed by atoms with Gasteiger partial charge in [0.15, 0.2) is 0 Å². The molecule has 0 saturated heterocycles. The van der Waals surface area contributed by atoms with Crippen molar-refractivity contribution in [3.05, 3.63) is 47.3 Å². The zero-order chi connectivity index (χ0) is 20.1. The van der Waals surface area contributed by atoms with Gasteiger partial charge in [0, 0.05) is 18.0 Å². The van der Waals surface area contributed by atoms with E-state index in [1.54, 1.807) is 23.9 Å². The molecule has 0 unspecified atom stereocenters. The first-order valence-electron chi connectivity index (χ1n) is 8.68. The topological polar surface area (TPSA) is 69.9 Å². The van der Waals surface area contributed by atoms with Gasteiger partial charge in [0.1, 0.15) is 5.75 Å². The number of aromatic nitrogens is 1. The lowest BCUT2D eigenvalue weighted by molar-refractivity contribution is 0.139. The van der Waals surface area contributed by atoms with Crippen LogP contribution in [0.4, 0.5) is 0 Å². The number of thioether (sulfide) groups is 1. The number of methoxy groups -OCH3 is 1. The van der Waals surface area contributed by atoms with Gasteiger partial charge < -0.3 is 14.0 Å². The molecule has 9 heteroatoms. The molecule has 0 spiro atoms. The van der Waals surface area contributed by atoms with Crippen LogP contribution in [0.5, 0.6) is 5.75 Å². The lowest BCUT2D eigenvalue weighted by Gasteiger charge is -2.06. The Balaban J connectivity index is 2.11. The van der Waals surface area contributed by atoms with Crippen molar-refractivity contribution < 1.29 is 17.9 Å². The maximum absolute atomic E-state index is 12.8. The van der Waals surface area contributed by atoms with Crippen molar-refractivity contribution in [2.24, 2.45) is 4.40 Å². The van der Waals surface area contributed by atoms with E-state index < -0.39 is 10.0 Å². The molecule has 0 radical (unpaired) electrons. The quantitative estimate of drug-likeness (QED) is 0.396. The van der Waals surface area contributed by atoms with Crippen molar-refractivity contribution in [1.29, 1.82) is 0 Å². The Morgan fingerprint density at radius 1 is 1.18 bits per heavy atom. The fraction of sp³-hybridized carbons (Fsp3) is 0.316. The van der Waals surface area contributed by atoms with Crippen LogP contribution < -0.4 is 9.54 Å². The van der Waals surface area contributed by atoms with Gasteiger partial charge >= 0.3 is 0 Å². The van der Waals surface area contributed by atoms with Gasteiger partial charge in [-0.3, -0.25) is 0 Å². The third-order valence-corrected chi connectivity index (χ3v) is 7.27. The van der Waals surface area contributed by atoms with Gasteiger partial charge in [-0.25, -0.2) is 0 Å². The monoisotopic (exact) mass is 438 g/mol. The number of fused-ring (bicyclic) bond motifs is 1. The number of rotatable bonds is 8. The van der Waals surface area contributed by atoms with Crippen molar-refractivity contribution in [3.63, 3.8) is 0 Å². The molecule has 0 aliphatic heterocycles. The summed E-state index contributed by atoms with van der Waals surface area (Å²) in [5, 5.41) is 0. The first kappa shape index (κ1) is 20.9. The van der Waals surface area contributed by atoms with Gasteiger partial charge in [0.05, 0.1) is 28.8 Å². The van der Waals surface area contributed by atoms with Crippen LogP contribution in [-0.2, 0) is 21.3 Å². The molecule has 0 N–H and O–H groups in total. The Bertz CT molecular complexity index is 1120. The van der Waals surface area contributed by atoms with E-state index >= 15 is 0 Å². The second-order valence-corrected chi connectivity index (χ2v) is 9.30. The van der Waals surface area contributed by atoms with Gasteiger partial charge in [0.25, 0.3) is 10.0 Å². The Kier molecular flexibility index (Phi) is 6.82. The summed E-state index contributed by atoms with van der Waals surface area (Å²) in [6.45, 7) is 3.56. The fourth-order valence-corrected chi connectivity index (χ4v) is 5.48. The highest BCUT2D eigenvalue weighted by atomic mass is 32.2. The Labute approximate surface area is 172 Å². The Morgan fingerprint density at radius 3 is 2.57 bits per heavy atom. The molecular weight excluding hydrogens is 416 g/mol. The van der Waals surface area contributed by atoms with Crippen LogP contribution in [0.25, 0.3) is 10.2 Å². The van der Waals surface area contributed by atoms with E-state index in [0.717, 1.165) is 15.1 Å². The first-order chi connectivity index (χ1) is 13.5. The molecule has 0 saturated carbocycles. The molecule has 6 nitrogen and oxygen atoms in total. The fourth-order valence-electron chi connectivity index (χ4n) is 2.67. The molecule has 0 aliphatic rings. The molecule has 0 amide bonds. The van der Waals surface area contributed by atoms with E-state index in [1.165, 1.54) is 30.6 Å². The predicted octanol–water partition coefficient (Wildman–Crippen LogP) is 3.76. The van der Waals surface area contributed by atoms with Crippen molar-refractivity contribution in [3.8, 4) is 5.75 Å². The minimum absolute atomic E-state index is 0.131. The number of nitrogens with zero attached hydrogens (tertiary/aromatic N) is 2. The van der Waals surface area contributed by atoms with Crippen LogP contribution in [0.1, 0.15) is 6.92 Å². The molecule has 2 aromatic carbocycles. The Hall–Kier alpha value is -1.81. The summed E-state index contributed by atoms with van der Waals surface area (Å²) >= 11 is 3.01. The van der Waals surface area contributed by atoms with E-state index in [-0.39, 0.29) is 4.90 Å². The van der Waals surface area contributed by atoms with Crippen LogP contribution in [0.15, 0.2) is 56.7 Å². The van der Waals surface area contributed by atoms with Gasteiger partial charge in [-0.1, -0.05) is 11.3 Å². The molecule has 0 atom stereocenters. The average molecular weight is 439 g/mol. The molecule has 1 aromatic heterocycles. The van der Waals surface area contributed by atoms with Crippen LogP contribution in [-0.4, -0.2) is 39.6 Å². The van der Waals surface area contributed by atoms with Crippen molar-refractivity contribution >= 4 is 43.3 Å². The third kappa shape index (κ3) is 4.60. The minimum Gasteiger partial charge on any atom is -0.497 e. The molecule has 28 heavy (non-hydrogen) atoms. The summed E-state index contributed by atoms with van der Waals surface area (Å²) < 4.78 is 43.3. The van der Waals surface area contributed by atoms with E-state index in [9.17, 15) is 8.42 Å². The summed E-state index contributed by atoms with van der Waals surface area (Å²) in [5.74, 6) is 0.595. The van der Waals surface area contributed by atoms with Gasteiger partial charge in [-0.2, -0.15) is 8.42 Å². The van der Waals surface area contributed by atoms with Crippen molar-refractivity contribution in [2.75, 3.05) is 26.6 Å². The molecule has 3 aromatic rings. The molecule has 1 heterocycles. The van der Waals surface area contributed by atoms with Gasteiger partial charge in [0.2, 0.25) is 4.80 Å². The average Bonchev–Trinajstić information content (AvgIpc) is 3.03. The van der Waals surface area contributed by atoms with Crippen LogP contribution >= 0.6 is 23.1 Å². The maximum atomic E-state index is 12.8. The highest BCUT2D eigenvalue weighted by Crippen LogP contribution is 2.25. The van der Waals surface area contributed by atoms with E-state index in [1.807, 2.05) is 29.9 Å². The van der Waals surface area contributed by atoms with Crippen molar-refractivity contribution in [2.45, 2.75) is 23.3 Å². The summed E-state index contributed by atoms with van der Waals surface area (Å²) in [6, 6.07) is 12.3. The second kappa shape index (κ2) is 9.13. The lowest BCUT2D eigenvalue weighted by atomic mass is 10.3. The minimum atomic E-state index is -3.84. The highest BCUT2D eigenvalue weighted by molar-refractivity contribution is 7.98. The normalized spacial score (nSPS) is 12.6. The van der Waals surface area contributed by atoms with Crippen LogP contribution in [0, 0.1) is 0 Å². The molecule has 150 valence electrons. The molecule has 0 aliphatic carbocycles. The zero-order valence-corrected chi connectivity index (χ0v) is 18.4. The number of hydrogen-bond donors (Lipinski definition) is 0. The number of sulfonamides is 1. The van der Waals surface area contributed by atoms with Crippen LogP contribution in [0.2, 0.25) is 0 Å². The number of ether oxygens (including phenoxy) is 2. The van der Waals surface area contributed by atoms with Crippen LogP contribution in [0.3, 0.4) is 0 Å². The molecule has 0 bridgehead atoms. The first-order valence-corrected chi connectivity index (χ1v) is 12.2.